The van der Waals surface area contributed by atoms with Gasteiger partial charge in [-0.15, -0.1) is 0 Å². The molecule has 26 heavy (non-hydrogen) atoms. The summed E-state index contributed by atoms with van der Waals surface area (Å²) in [5.74, 6) is -0.560. The van der Waals surface area contributed by atoms with Crippen LogP contribution in [0.3, 0.4) is 0 Å². The van der Waals surface area contributed by atoms with Crippen molar-refractivity contribution in [3.05, 3.63) is 48.0 Å². The summed E-state index contributed by atoms with van der Waals surface area (Å²) >= 11 is 0. The van der Waals surface area contributed by atoms with Crippen LogP contribution in [0.25, 0.3) is 11.1 Å². The highest BCUT2D eigenvalue weighted by atomic mass is 19.1. The summed E-state index contributed by atoms with van der Waals surface area (Å²) < 4.78 is 13.4. The molecule has 1 aromatic carbocycles. The first-order chi connectivity index (χ1) is 12.6. The lowest BCUT2D eigenvalue weighted by molar-refractivity contribution is -0.123. The van der Waals surface area contributed by atoms with Gasteiger partial charge in [-0.1, -0.05) is 25.3 Å². The normalized spacial score (nSPS) is 20.0. The van der Waals surface area contributed by atoms with Gasteiger partial charge in [0.05, 0.1) is 12.3 Å². The maximum atomic E-state index is 13.4. The molecule has 1 aromatic heterocycles. The zero-order valence-electron chi connectivity index (χ0n) is 14.8. The molecule has 2 fully saturated rings. The number of hydrogen-bond acceptors (Lipinski definition) is 3. The lowest BCUT2D eigenvalue weighted by Crippen LogP contribution is -2.33. The standard InChI is InChI=1S/C18H16FN3O.C3H6/c1-11-2-3-16(22-18(23)13-4-12(5-13)8-20)7-17(11)14-6-15(19)10-21-9-14;1-2-3-1/h2-3,6-7,9-10,12-13H,4-5H2,1H3,(H,22,23);1-3H2. The molecular weight excluding hydrogens is 329 g/mol. The van der Waals surface area contributed by atoms with Crippen molar-refractivity contribution in [2.45, 2.75) is 39.0 Å². The zero-order valence-corrected chi connectivity index (χ0v) is 14.8. The molecule has 0 bridgehead atoms. The number of aryl methyl sites for hydroxylation is 1. The number of aromatic nitrogens is 1. The third kappa shape index (κ3) is 4.66. The third-order valence-electron chi connectivity index (χ3n) is 4.57. The second-order valence-corrected chi connectivity index (χ2v) is 6.97. The summed E-state index contributed by atoms with van der Waals surface area (Å²) in [6.45, 7) is 1.93. The van der Waals surface area contributed by atoms with Crippen molar-refractivity contribution in [1.29, 1.82) is 5.26 Å². The Morgan fingerprint density at radius 3 is 2.58 bits per heavy atom. The summed E-state index contributed by atoms with van der Waals surface area (Å²) in [5.41, 5.74) is 3.15. The fourth-order valence-electron chi connectivity index (χ4n) is 2.75. The number of anilines is 1. The number of hydrogen-bond donors (Lipinski definition) is 1. The van der Waals surface area contributed by atoms with Gasteiger partial charge in [-0.25, -0.2) is 4.39 Å². The van der Waals surface area contributed by atoms with Crippen LogP contribution in [-0.2, 0) is 4.79 Å². The van der Waals surface area contributed by atoms with E-state index in [2.05, 4.69) is 16.4 Å². The van der Waals surface area contributed by atoms with Crippen LogP contribution in [0.5, 0.6) is 0 Å². The van der Waals surface area contributed by atoms with E-state index in [1.807, 2.05) is 25.1 Å². The van der Waals surface area contributed by atoms with Crippen LogP contribution < -0.4 is 5.32 Å². The van der Waals surface area contributed by atoms with Crippen molar-refractivity contribution >= 4 is 11.6 Å². The Morgan fingerprint density at radius 2 is 1.96 bits per heavy atom. The van der Waals surface area contributed by atoms with Crippen LogP contribution in [0.1, 0.15) is 37.7 Å². The van der Waals surface area contributed by atoms with Crippen LogP contribution in [0.2, 0.25) is 0 Å². The highest BCUT2D eigenvalue weighted by molar-refractivity contribution is 5.94. The first kappa shape index (κ1) is 18.1. The second kappa shape index (κ2) is 8.09. The maximum Gasteiger partial charge on any atom is 0.227 e. The molecule has 0 spiro atoms. The van der Waals surface area contributed by atoms with Crippen LogP contribution in [0.15, 0.2) is 36.7 Å². The van der Waals surface area contributed by atoms with Gasteiger partial charge in [0, 0.05) is 29.3 Å². The van der Waals surface area contributed by atoms with Gasteiger partial charge in [0.1, 0.15) is 5.82 Å². The predicted molar refractivity (Wildman–Crippen MR) is 98.7 cm³/mol. The quantitative estimate of drug-likeness (QED) is 0.859. The Labute approximate surface area is 153 Å². The molecule has 4 rings (SSSR count). The Balaban J connectivity index is 0.000000592. The van der Waals surface area contributed by atoms with E-state index in [1.54, 1.807) is 6.20 Å². The number of nitrogens with zero attached hydrogens (tertiary/aromatic N) is 2. The number of rotatable bonds is 3. The molecule has 1 N–H and O–H groups in total. The molecule has 0 unspecified atom stereocenters. The van der Waals surface area contributed by atoms with Crippen molar-refractivity contribution in [3.8, 4) is 17.2 Å². The van der Waals surface area contributed by atoms with Crippen LogP contribution in [0, 0.1) is 35.9 Å². The minimum atomic E-state index is -0.395. The van der Waals surface area contributed by atoms with Gasteiger partial charge in [-0.05, 0) is 49.1 Å². The molecule has 2 aliphatic carbocycles. The lowest BCUT2D eigenvalue weighted by atomic mass is 9.75. The molecule has 0 radical (unpaired) electrons. The average Bonchev–Trinajstić information content (AvgIpc) is 3.44. The van der Waals surface area contributed by atoms with Gasteiger partial charge in [-0.3, -0.25) is 9.78 Å². The van der Waals surface area contributed by atoms with Crippen LogP contribution in [0.4, 0.5) is 10.1 Å². The van der Waals surface area contributed by atoms with E-state index < -0.39 is 5.82 Å². The Bertz CT molecular complexity index is 833. The molecule has 2 saturated carbocycles. The summed E-state index contributed by atoms with van der Waals surface area (Å²) in [6, 6.07) is 9.12. The van der Waals surface area contributed by atoms with Crippen LogP contribution >= 0.6 is 0 Å². The van der Waals surface area contributed by atoms with Gasteiger partial charge >= 0.3 is 0 Å². The van der Waals surface area contributed by atoms with Crippen molar-refractivity contribution in [2.24, 2.45) is 11.8 Å². The highest BCUT2D eigenvalue weighted by Gasteiger charge is 2.34. The van der Waals surface area contributed by atoms with Gasteiger partial charge in [-0.2, -0.15) is 5.26 Å². The van der Waals surface area contributed by atoms with E-state index in [1.165, 1.54) is 25.3 Å². The number of benzene rings is 1. The first-order valence-corrected chi connectivity index (χ1v) is 8.99. The van der Waals surface area contributed by atoms with Crippen molar-refractivity contribution in [1.82, 2.24) is 4.98 Å². The van der Waals surface area contributed by atoms with Gasteiger partial charge in [0.25, 0.3) is 0 Å². The second-order valence-electron chi connectivity index (χ2n) is 6.97. The number of pyridine rings is 1. The van der Waals surface area contributed by atoms with E-state index in [0.29, 0.717) is 24.1 Å². The minimum absolute atomic E-state index is 0.00213. The minimum Gasteiger partial charge on any atom is -0.326 e. The number of nitrogens with one attached hydrogen (secondary N) is 1. The number of carbonyl (C=O) groups is 1. The van der Waals surface area contributed by atoms with E-state index >= 15 is 0 Å². The van der Waals surface area contributed by atoms with E-state index in [0.717, 1.165) is 17.3 Å². The molecule has 5 heteroatoms. The summed E-state index contributed by atoms with van der Waals surface area (Å²) in [4.78, 5) is 16.0. The summed E-state index contributed by atoms with van der Waals surface area (Å²) in [5, 5.41) is 11.7. The monoisotopic (exact) mass is 351 g/mol. The Hall–Kier alpha value is -2.74. The number of nitriles is 1. The van der Waals surface area contributed by atoms with Crippen molar-refractivity contribution in [3.63, 3.8) is 0 Å². The molecule has 134 valence electrons. The Morgan fingerprint density at radius 1 is 1.23 bits per heavy atom. The molecule has 2 aliphatic rings. The molecule has 4 nitrogen and oxygen atoms in total. The van der Waals surface area contributed by atoms with Gasteiger partial charge in [0.2, 0.25) is 5.91 Å². The fourth-order valence-corrected chi connectivity index (χ4v) is 2.75. The summed E-state index contributed by atoms with van der Waals surface area (Å²) in [7, 11) is 0. The molecule has 0 saturated heterocycles. The number of halogens is 1. The molecular formula is C21H22FN3O. The molecule has 0 atom stereocenters. The number of amides is 1. The molecule has 2 aromatic rings. The topological polar surface area (TPSA) is 65.8 Å². The third-order valence-corrected chi connectivity index (χ3v) is 4.57. The molecule has 1 amide bonds. The Kier molecular flexibility index (Phi) is 5.62. The SMILES string of the molecule is C1CC1.Cc1ccc(NC(=O)C2CC(C#N)C2)cc1-c1cncc(F)c1. The van der Waals surface area contributed by atoms with Crippen molar-refractivity contribution < 1.29 is 9.18 Å². The van der Waals surface area contributed by atoms with Gasteiger partial charge < -0.3 is 5.32 Å². The fraction of sp³-hybridized carbons (Fsp3) is 0.381. The van der Waals surface area contributed by atoms with Crippen molar-refractivity contribution in [2.75, 3.05) is 5.32 Å². The van der Waals surface area contributed by atoms with Gasteiger partial charge in [0.15, 0.2) is 0 Å². The smallest absolute Gasteiger partial charge is 0.227 e. The van der Waals surface area contributed by atoms with E-state index in [9.17, 15) is 9.18 Å². The van der Waals surface area contributed by atoms with E-state index in [-0.39, 0.29) is 17.7 Å². The van der Waals surface area contributed by atoms with Crippen LogP contribution in [-0.4, -0.2) is 10.9 Å². The molecule has 0 aliphatic heterocycles. The average molecular weight is 351 g/mol. The predicted octanol–water partition coefficient (Wildman–Crippen LogP) is 4.85. The zero-order chi connectivity index (χ0) is 18.5. The first-order valence-electron chi connectivity index (χ1n) is 8.99. The maximum absolute atomic E-state index is 13.4. The lowest BCUT2D eigenvalue weighted by Gasteiger charge is -2.29. The van der Waals surface area contributed by atoms with E-state index in [4.69, 9.17) is 5.26 Å². The molecule has 1 heterocycles. The highest BCUT2D eigenvalue weighted by Crippen LogP contribution is 2.34. The summed E-state index contributed by atoms with van der Waals surface area (Å²) in [6.07, 6.45) is 8.50. The largest absolute Gasteiger partial charge is 0.326 e. The number of carbonyl (C=O) groups excluding carboxylic acids is 1.